The van der Waals surface area contributed by atoms with E-state index in [0.29, 0.717) is 6.54 Å². The molecule has 2 aliphatic heterocycles. The van der Waals surface area contributed by atoms with Crippen molar-refractivity contribution in [3.8, 4) is 0 Å². The zero-order valence-corrected chi connectivity index (χ0v) is 36.0. The number of benzene rings is 2. The topological polar surface area (TPSA) is 59.1 Å². The van der Waals surface area contributed by atoms with E-state index in [2.05, 4.69) is 55.0 Å². The van der Waals surface area contributed by atoms with Crippen molar-refractivity contribution < 1.29 is 19.1 Å². The fourth-order valence-corrected chi connectivity index (χ4v) is 9.11. The summed E-state index contributed by atoms with van der Waals surface area (Å²) in [4.78, 5) is 34.6. The Morgan fingerprint density at radius 3 is 1.36 bits per heavy atom. The first-order valence-corrected chi connectivity index (χ1v) is 27.8. The summed E-state index contributed by atoms with van der Waals surface area (Å²) in [6.45, 7) is 22.3. The average Bonchev–Trinajstić information content (AvgIpc) is 3.02. The Morgan fingerprint density at radius 2 is 1.06 bits per heavy atom. The number of nitrogens with zero attached hydrogens (tertiary/aromatic N) is 2. The van der Waals surface area contributed by atoms with Crippen LogP contribution in [0, 0.1) is 0 Å². The van der Waals surface area contributed by atoms with Gasteiger partial charge in [-0.1, -0.05) is 98.2 Å². The summed E-state index contributed by atoms with van der Waals surface area (Å²) in [5.74, 6) is 0. The minimum atomic E-state index is -1.90. The molecule has 8 heteroatoms. The maximum atomic E-state index is 11.9. The third-order valence-electron chi connectivity index (χ3n) is 6.56. The van der Waals surface area contributed by atoms with E-state index in [1.807, 2.05) is 118 Å². The van der Waals surface area contributed by atoms with Gasteiger partial charge in [0.1, 0.15) is 5.60 Å². The molecule has 0 fully saturated rings. The van der Waals surface area contributed by atoms with Crippen molar-refractivity contribution in [2.45, 2.75) is 108 Å². The van der Waals surface area contributed by atoms with Gasteiger partial charge in [0, 0.05) is 17.6 Å². The predicted molar refractivity (Wildman–Crippen MR) is 208 cm³/mol. The van der Waals surface area contributed by atoms with Crippen LogP contribution >= 0.6 is 15.9 Å². The molecule has 264 valence electrons. The van der Waals surface area contributed by atoms with Gasteiger partial charge in [-0.3, -0.25) is 0 Å². The number of carbonyl (C=O) groups excluding carboxylic acids is 2. The van der Waals surface area contributed by atoms with Crippen molar-refractivity contribution >= 4 is 52.1 Å². The summed E-state index contributed by atoms with van der Waals surface area (Å²) in [5.41, 5.74) is 1.72. The summed E-state index contributed by atoms with van der Waals surface area (Å²) in [6, 6.07) is 20.3. The molecule has 0 N–H and O–H groups in total. The Labute approximate surface area is 300 Å². The van der Waals surface area contributed by atoms with Crippen LogP contribution in [0.2, 0.25) is 14.8 Å². The van der Waals surface area contributed by atoms with Crippen LogP contribution < -0.4 is 0 Å². The van der Waals surface area contributed by atoms with Crippen LogP contribution in [0.3, 0.4) is 0 Å². The minimum absolute atomic E-state index is 0.183. The number of carbonyl (C=O) groups is 2. The molecule has 0 bridgehead atoms. The molecule has 0 aliphatic carbocycles. The van der Waals surface area contributed by atoms with Gasteiger partial charge in [-0.25, -0.2) is 4.79 Å². The molecule has 0 atom stereocenters. The molecule has 0 unspecified atom stereocenters. The van der Waals surface area contributed by atoms with Crippen LogP contribution in [0.5, 0.6) is 0 Å². The molecule has 47 heavy (non-hydrogen) atoms. The Hall–Kier alpha value is -2.26. The van der Waals surface area contributed by atoms with Crippen molar-refractivity contribution in [2.24, 2.45) is 0 Å². The van der Waals surface area contributed by atoms with Crippen LogP contribution in [0.15, 0.2) is 80.9 Å². The van der Waals surface area contributed by atoms with E-state index in [1.165, 1.54) is 11.1 Å². The second-order valence-electron chi connectivity index (χ2n) is 13.7. The van der Waals surface area contributed by atoms with Crippen molar-refractivity contribution in [3.05, 3.63) is 86.4 Å². The Morgan fingerprint density at radius 1 is 0.660 bits per heavy atom. The zero-order chi connectivity index (χ0) is 36.3. The third-order valence-corrected chi connectivity index (χ3v) is 13.9. The monoisotopic (exact) mass is 822 g/mol. The molecule has 4 rings (SSSR count). The van der Waals surface area contributed by atoms with Gasteiger partial charge in [0.25, 0.3) is 0 Å². The van der Waals surface area contributed by atoms with E-state index in [-0.39, 0.29) is 12.2 Å². The molecule has 0 spiro atoms. The Kier molecular flexibility index (Phi) is 21.3. The molecule has 2 aliphatic rings. The van der Waals surface area contributed by atoms with Gasteiger partial charge in [-0.05, 0) is 50.5 Å². The molecule has 6 nitrogen and oxygen atoms in total. The predicted octanol–water partition coefficient (Wildman–Crippen LogP) is 11.6. The first-order valence-electron chi connectivity index (χ1n) is 17.0. The second-order valence-corrected chi connectivity index (χ2v) is 29.3. The molecular formula is C39H63BrN2O4Sn. The van der Waals surface area contributed by atoms with E-state index < -0.39 is 29.6 Å². The fraction of sp³-hybridized carbons (Fsp3) is 0.538. The van der Waals surface area contributed by atoms with Gasteiger partial charge < -0.3 is 9.64 Å². The standard InChI is InChI=1S/C16H21NO2.C10H16NO2.C6H5Br.2C2H6.3CH3.Sn/c1-16(2,3)19-15(18)17-11-9-14(10-12-17)13-7-5-4-6-8-13;1-10(2,3)13-9(12)11-7-5-4-6-8-11;7-6-4-2-1-3-5-6;2*1-2;;;;/h4-9H,10-12H2,1-3H3;5H,6-8H2,1-3H3;1-5H;2*1-2H3;3*1H3;. The average molecular weight is 823 g/mol. The molecule has 2 amide bonds. The Balaban J connectivity index is 0.000000690. The second kappa shape index (κ2) is 22.4. The van der Waals surface area contributed by atoms with Gasteiger partial charge in [0.2, 0.25) is 0 Å². The normalized spacial score (nSPS) is 14.4. The first-order chi connectivity index (χ1) is 21.9. The van der Waals surface area contributed by atoms with Crippen LogP contribution in [0.25, 0.3) is 5.57 Å². The molecule has 2 aromatic carbocycles. The van der Waals surface area contributed by atoms with E-state index in [4.69, 9.17) is 9.47 Å². The summed E-state index contributed by atoms with van der Waals surface area (Å²) in [6.07, 6.45) is 5.88. The SMILES string of the molecule is Brc1ccccc1.CC.CC.CC(C)(C)OC(=O)N1CC=C(c2ccccc2)CC1.CC(C)(C)OC(=O)N1CC=[C]([Sn]([CH3])([CH3])[CH3])CC1. The van der Waals surface area contributed by atoms with Crippen molar-refractivity contribution in [2.75, 3.05) is 26.2 Å². The van der Waals surface area contributed by atoms with E-state index in [1.54, 1.807) is 13.4 Å². The number of amides is 2. The van der Waals surface area contributed by atoms with Crippen molar-refractivity contribution in [1.82, 2.24) is 9.80 Å². The zero-order valence-electron chi connectivity index (χ0n) is 31.6. The molecule has 0 saturated carbocycles. The van der Waals surface area contributed by atoms with Gasteiger partial charge >= 0.3 is 115 Å². The molecular weight excluding hydrogens is 759 g/mol. The van der Waals surface area contributed by atoms with Gasteiger partial charge in [0.15, 0.2) is 0 Å². The quantitative estimate of drug-likeness (QED) is 0.283. The van der Waals surface area contributed by atoms with E-state index in [9.17, 15) is 9.59 Å². The summed E-state index contributed by atoms with van der Waals surface area (Å²) >= 11 is 1.41. The Bertz CT molecular complexity index is 1230. The van der Waals surface area contributed by atoms with Crippen molar-refractivity contribution in [1.29, 1.82) is 0 Å². The van der Waals surface area contributed by atoms with Crippen LogP contribution in [-0.2, 0) is 9.47 Å². The molecule has 0 radical (unpaired) electrons. The van der Waals surface area contributed by atoms with Gasteiger partial charge in [0.05, 0.1) is 0 Å². The molecule has 0 saturated heterocycles. The summed E-state index contributed by atoms with van der Waals surface area (Å²) in [5, 5.41) is 0. The van der Waals surface area contributed by atoms with E-state index in [0.717, 1.165) is 36.9 Å². The number of ether oxygens (including phenoxy) is 2. The molecule has 2 aromatic rings. The number of halogens is 1. The molecule has 0 aromatic heterocycles. The first kappa shape index (κ1) is 44.7. The number of rotatable bonds is 2. The fourth-order valence-electron chi connectivity index (χ4n) is 4.33. The van der Waals surface area contributed by atoms with Gasteiger partial charge in [-0.2, -0.15) is 0 Å². The maximum absolute atomic E-state index is 11.9. The van der Waals surface area contributed by atoms with Crippen LogP contribution in [-0.4, -0.2) is 77.7 Å². The summed E-state index contributed by atoms with van der Waals surface area (Å²) in [7, 11) is 0. The summed E-state index contributed by atoms with van der Waals surface area (Å²) < 4.78 is 13.5. The van der Waals surface area contributed by atoms with Gasteiger partial charge in [-0.15, -0.1) is 0 Å². The number of hydrogen-bond donors (Lipinski definition) is 0. The third kappa shape index (κ3) is 20.0. The molecule has 2 heterocycles. The van der Waals surface area contributed by atoms with Crippen LogP contribution in [0.4, 0.5) is 9.59 Å². The van der Waals surface area contributed by atoms with E-state index >= 15 is 0 Å². The van der Waals surface area contributed by atoms with Crippen LogP contribution in [0.1, 0.15) is 87.6 Å². The van der Waals surface area contributed by atoms with Crippen molar-refractivity contribution in [3.63, 3.8) is 0 Å². The number of hydrogen-bond acceptors (Lipinski definition) is 4.